The fourth-order valence-electron chi connectivity index (χ4n) is 3.01. The van der Waals surface area contributed by atoms with E-state index in [4.69, 9.17) is 0 Å². The summed E-state index contributed by atoms with van der Waals surface area (Å²) >= 11 is 0. The molecule has 2 rings (SSSR count). The Morgan fingerprint density at radius 1 is 0.938 bits per heavy atom. The highest BCUT2D eigenvalue weighted by molar-refractivity contribution is 4.84. The first-order chi connectivity index (χ1) is 7.75. The number of nitrogens with zero attached hydrogens (tertiary/aromatic N) is 2. The Balaban J connectivity index is 1.65. The van der Waals surface area contributed by atoms with Gasteiger partial charge in [0.05, 0.1) is 0 Å². The summed E-state index contributed by atoms with van der Waals surface area (Å²) in [6.45, 7) is 11.4. The van der Waals surface area contributed by atoms with Crippen LogP contribution in [-0.2, 0) is 0 Å². The monoisotopic (exact) mass is 224 g/mol. The van der Waals surface area contributed by atoms with Crippen LogP contribution in [0, 0.1) is 5.92 Å². The lowest BCUT2D eigenvalue weighted by Gasteiger charge is -2.44. The van der Waals surface area contributed by atoms with E-state index in [0.29, 0.717) is 0 Å². The predicted molar refractivity (Wildman–Crippen MR) is 69.7 cm³/mol. The first-order valence-corrected chi connectivity index (χ1v) is 7.22. The molecule has 0 aliphatic carbocycles. The van der Waals surface area contributed by atoms with Crippen molar-refractivity contribution < 1.29 is 0 Å². The lowest BCUT2D eigenvalue weighted by Crippen LogP contribution is -2.54. The first-order valence-electron chi connectivity index (χ1n) is 7.22. The minimum Gasteiger partial charge on any atom is -0.303 e. The zero-order valence-corrected chi connectivity index (χ0v) is 11.1. The molecule has 2 fully saturated rings. The second kappa shape index (κ2) is 6.02. The minimum absolute atomic E-state index is 0.753. The van der Waals surface area contributed by atoms with E-state index in [1.807, 2.05) is 0 Å². The molecule has 0 N–H and O–H groups in total. The molecule has 0 radical (unpaired) electrons. The summed E-state index contributed by atoms with van der Waals surface area (Å²) in [5.74, 6) is 0.960. The molecule has 0 aromatic carbocycles. The molecular formula is C14H28N2. The third-order valence-electron chi connectivity index (χ3n) is 4.18. The van der Waals surface area contributed by atoms with Crippen LogP contribution in [0.15, 0.2) is 0 Å². The second-order valence-corrected chi connectivity index (χ2v) is 5.98. The van der Waals surface area contributed by atoms with E-state index in [2.05, 4.69) is 23.6 Å². The van der Waals surface area contributed by atoms with Gasteiger partial charge in [0.25, 0.3) is 0 Å². The lowest BCUT2D eigenvalue weighted by molar-refractivity contribution is 0.0405. The minimum atomic E-state index is 0.753. The van der Waals surface area contributed by atoms with Crippen molar-refractivity contribution >= 4 is 0 Å². The van der Waals surface area contributed by atoms with E-state index >= 15 is 0 Å². The molecule has 2 nitrogen and oxygen atoms in total. The van der Waals surface area contributed by atoms with Crippen LogP contribution in [0.1, 0.15) is 46.0 Å². The van der Waals surface area contributed by atoms with Gasteiger partial charge in [0, 0.05) is 25.7 Å². The third-order valence-corrected chi connectivity index (χ3v) is 4.18. The van der Waals surface area contributed by atoms with Gasteiger partial charge in [-0.25, -0.2) is 0 Å². The van der Waals surface area contributed by atoms with Crippen molar-refractivity contribution in [2.45, 2.75) is 52.0 Å². The van der Waals surface area contributed by atoms with Crippen molar-refractivity contribution in [2.24, 2.45) is 5.92 Å². The fraction of sp³-hybridized carbons (Fsp3) is 1.00. The molecule has 94 valence electrons. The molecule has 2 heteroatoms. The van der Waals surface area contributed by atoms with Gasteiger partial charge in [-0.2, -0.15) is 0 Å². The molecule has 2 heterocycles. The van der Waals surface area contributed by atoms with Crippen molar-refractivity contribution in [3.63, 3.8) is 0 Å². The largest absolute Gasteiger partial charge is 0.303 e. The van der Waals surface area contributed by atoms with Crippen molar-refractivity contribution in [2.75, 3.05) is 32.7 Å². The van der Waals surface area contributed by atoms with E-state index in [1.165, 1.54) is 64.8 Å². The third kappa shape index (κ3) is 3.46. The van der Waals surface area contributed by atoms with Crippen LogP contribution < -0.4 is 0 Å². The first kappa shape index (κ1) is 12.4. The highest BCUT2D eigenvalue weighted by Gasteiger charge is 2.29. The topological polar surface area (TPSA) is 6.48 Å². The van der Waals surface area contributed by atoms with Crippen LogP contribution in [0.4, 0.5) is 0 Å². The quantitative estimate of drug-likeness (QED) is 0.727. The van der Waals surface area contributed by atoms with Gasteiger partial charge < -0.3 is 9.80 Å². The average Bonchev–Trinajstić information content (AvgIpc) is 2.12. The SMILES string of the molecule is CC(C)N1CC(CN2CCCCCCC2)C1. The van der Waals surface area contributed by atoms with Crippen molar-refractivity contribution in [3.8, 4) is 0 Å². The summed E-state index contributed by atoms with van der Waals surface area (Å²) in [6, 6.07) is 0.753. The number of hydrogen-bond donors (Lipinski definition) is 0. The molecule has 2 aliphatic rings. The number of hydrogen-bond acceptors (Lipinski definition) is 2. The standard InChI is InChI=1S/C14H28N2/c1-13(2)16-11-14(12-16)10-15-8-6-4-3-5-7-9-15/h13-14H,3-12H2,1-2H3. The Bertz CT molecular complexity index is 189. The Morgan fingerprint density at radius 3 is 2.06 bits per heavy atom. The van der Waals surface area contributed by atoms with Gasteiger partial charge in [-0.1, -0.05) is 19.3 Å². The number of rotatable bonds is 3. The summed E-state index contributed by atoms with van der Waals surface area (Å²) in [4.78, 5) is 5.32. The van der Waals surface area contributed by atoms with Gasteiger partial charge in [-0.05, 0) is 45.7 Å². The Kier molecular flexibility index (Phi) is 4.66. The molecular weight excluding hydrogens is 196 g/mol. The molecule has 0 spiro atoms. The van der Waals surface area contributed by atoms with Crippen molar-refractivity contribution in [1.29, 1.82) is 0 Å². The lowest BCUT2D eigenvalue weighted by atomic mass is 9.97. The van der Waals surface area contributed by atoms with Gasteiger partial charge in [-0.3, -0.25) is 0 Å². The van der Waals surface area contributed by atoms with Crippen LogP contribution in [0.2, 0.25) is 0 Å². The zero-order chi connectivity index (χ0) is 11.4. The van der Waals surface area contributed by atoms with E-state index in [0.717, 1.165) is 12.0 Å². The van der Waals surface area contributed by atoms with Crippen molar-refractivity contribution in [3.05, 3.63) is 0 Å². The van der Waals surface area contributed by atoms with E-state index in [9.17, 15) is 0 Å². The Morgan fingerprint density at radius 2 is 1.50 bits per heavy atom. The molecule has 0 bridgehead atoms. The maximum absolute atomic E-state index is 2.72. The van der Waals surface area contributed by atoms with Crippen LogP contribution in [0.3, 0.4) is 0 Å². The molecule has 0 atom stereocenters. The van der Waals surface area contributed by atoms with Gasteiger partial charge in [0.1, 0.15) is 0 Å². The highest BCUT2D eigenvalue weighted by Crippen LogP contribution is 2.20. The maximum atomic E-state index is 2.72. The Hall–Kier alpha value is -0.0800. The van der Waals surface area contributed by atoms with Gasteiger partial charge >= 0.3 is 0 Å². The maximum Gasteiger partial charge on any atom is 0.00388 e. The van der Waals surface area contributed by atoms with Crippen LogP contribution in [-0.4, -0.2) is 48.6 Å². The van der Waals surface area contributed by atoms with E-state index < -0.39 is 0 Å². The molecule has 0 unspecified atom stereocenters. The smallest absolute Gasteiger partial charge is 0.00388 e. The molecule has 0 aromatic heterocycles. The van der Waals surface area contributed by atoms with Gasteiger partial charge in [0.2, 0.25) is 0 Å². The molecule has 2 aliphatic heterocycles. The van der Waals surface area contributed by atoms with Gasteiger partial charge in [-0.15, -0.1) is 0 Å². The summed E-state index contributed by atoms with van der Waals surface area (Å²) in [5.41, 5.74) is 0. The molecule has 2 saturated heterocycles. The van der Waals surface area contributed by atoms with Crippen LogP contribution in [0.25, 0.3) is 0 Å². The Labute approximate surface area is 101 Å². The van der Waals surface area contributed by atoms with Crippen LogP contribution >= 0.6 is 0 Å². The summed E-state index contributed by atoms with van der Waals surface area (Å²) in [7, 11) is 0. The van der Waals surface area contributed by atoms with E-state index in [1.54, 1.807) is 0 Å². The average molecular weight is 224 g/mol. The summed E-state index contributed by atoms with van der Waals surface area (Å²) < 4.78 is 0. The molecule has 0 aromatic rings. The molecule has 0 amide bonds. The zero-order valence-electron chi connectivity index (χ0n) is 11.1. The van der Waals surface area contributed by atoms with Gasteiger partial charge in [0.15, 0.2) is 0 Å². The summed E-state index contributed by atoms with van der Waals surface area (Å²) in [5, 5.41) is 0. The van der Waals surface area contributed by atoms with Crippen LogP contribution in [0.5, 0.6) is 0 Å². The van der Waals surface area contributed by atoms with E-state index in [-0.39, 0.29) is 0 Å². The highest BCUT2D eigenvalue weighted by atomic mass is 15.2. The number of likely N-dealkylation sites (tertiary alicyclic amines) is 2. The molecule has 0 saturated carbocycles. The summed E-state index contributed by atoms with van der Waals surface area (Å²) in [6.07, 6.45) is 7.25. The fourth-order valence-corrected chi connectivity index (χ4v) is 3.01. The normalized spacial score (nSPS) is 26.4. The second-order valence-electron chi connectivity index (χ2n) is 5.98. The molecule has 16 heavy (non-hydrogen) atoms. The predicted octanol–water partition coefficient (Wildman–Crippen LogP) is 2.59. The van der Waals surface area contributed by atoms with Crippen molar-refractivity contribution in [1.82, 2.24) is 9.80 Å².